The molecule has 3 rings (SSSR count). The Morgan fingerprint density at radius 1 is 1.27 bits per heavy atom. The number of nitrogens with one attached hydrogen (secondary N) is 2. The first-order valence-electron chi connectivity index (χ1n) is 9.44. The van der Waals surface area contributed by atoms with Gasteiger partial charge in [-0.3, -0.25) is 9.20 Å². The Morgan fingerprint density at radius 3 is 2.63 bits per heavy atom. The molecule has 160 valence electrons. The van der Waals surface area contributed by atoms with Gasteiger partial charge in [-0.2, -0.15) is 13.2 Å². The third-order valence-electron chi connectivity index (χ3n) is 4.48. The van der Waals surface area contributed by atoms with Gasteiger partial charge in [0.05, 0.1) is 24.0 Å². The van der Waals surface area contributed by atoms with E-state index in [0.717, 1.165) is 16.8 Å². The van der Waals surface area contributed by atoms with Crippen molar-refractivity contribution >= 4 is 33.2 Å². The predicted octanol–water partition coefficient (Wildman–Crippen LogP) is 5.57. The SMILES string of the molecule is Cc1cc(-c2cnc3c(NCCC(F)(F)F)cc(Br)cn23)ccc1C(=O)NC(C)C. The van der Waals surface area contributed by atoms with Crippen molar-refractivity contribution in [2.75, 3.05) is 11.9 Å². The highest BCUT2D eigenvalue weighted by Gasteiger charge is 2.26. The fourth-order valence-corrected chi connectivity index (χ4v) is 3.59. The van der Waals surface area contributed by atoms with E-state index in [-0.39, 0.29) is 18.5 Å². The minimum atomic E-state index is -4.23. The zero-order chi connectivity index (χ0) is 22.1. The van der Waals surface area contributed by atoms with Crippen LogP contribution in [-0.4, -0.2) is 34.1 Å². The number of anilines is 1. The molecule has 0 bridgehead atoms. The summed E-state index contributed by atoms with van der Waals surface area (Å²) in [6, 6.07) is 7.24. The number of carbonyl (C=O) groups excluding carboxylic acids is 1. The molecule has 2 N–H and O–H groups in total. The number of hydrogen-bond donors (Lipinski definition) is 2. The maximum absolute atomic E-state index is 12.5. The zero-order valence-corrected chi connectivity index (χ0v) is 18.4. The van der Waals surface area contributed by atoms with E-state index in [1.807, 2.05) is 37.3 Å². The summed E-state index contributed by atoms with van der Waals surface area (Å²) in [6.07, 6.45) is -1.68. The van der Waals surface area contributed by atoms with Crippen molar-refractivity contribution < 1.29 is 18.0 Å². The van der Waals surface area contributed by atoms with E-state index in [0.29, 0.717) is 21.4 Å². The molecule has 0 aliphatic rings. The van der Waals surface area contributed by atoms with Gasteiger partial charge in [0.1, 0.15) is 0 Å². The van der Waals surface area contributed by atoms with Crippen LogP contribution in [0.4, 0.5) is 18.9 Å². The van der Waals surface area contributed by atoms with Crippen LogP contribution in [0.15, 0.2) is 41.1 Å². The van der Waals surface area contributed by atoms with E-state index in [1.165, 1.54) is 0 Å². The van der Waals surface area contributed by atoms with Crippen LogP contribution in [0.2, 0.25) is 0 Å². The lowest BCUT2D eigenvalue weighted by Crippen LogP contribution is -2.30. The molecule has 1 aromatic carbocycles. The van der Waals surface area contributed by atoms with Crippen molar-refractivity contribution in [3.8, 4) is 11.3 Å². The first-order valence-corrected chi connectivity index (χ1v) is 10.2. The van der Waals surface area contributed by atoms with Crippen molar-refractivity contribution in [1.82, 2.24) is 14.7 Å². The van der Waals surface area contributed by atoms with Crippen molar-refractivity contribution in [3.63, 3.8) is 0 Å². The van der Waals surface area contributed by atoms with E-state index in [1.54, 1.807) is 24.5 Å². The third kappa shape index (κ3) is 5.13. The molecular weight excluding hydrogens is 461 g/mol. The smallest absolute Gasteiger partial charge is 0.382 e. The Morgan fingerprint density at radius 2 is 2.00 bits per heavy atom. The number of carbonyl (C=O) groups is 1. The summed E-state index contributed by atoms with van der Waals surface area (Å²) < 4.78 is 39.9. The summed E-state index contributed by atoms with van der Waals surface area (Å²) in [4.78, 5) is 16.7. The number of pyridine rings is 1. The summed E-state index contributed by atoms with van der Waals surface area (Å²) in [5.41, 5.74) is 4.06. The average molecular weight is 483 g/mol. The summed E-state index contributed by atoms with van der Waals surface area (Å²) in [5, 5.41) is 5.69. The molecule has 1 amide bonds. The summed E-state index contributed by atoms with van der Waals surface area (Å²) in [5.74, 6) is -0.133. The second kappa shape index (κ2) is 8.67. The third-order valence-corrected chi connectivity index (χ3v) is 4.92. The summed E-state index contributed by atoms with van der Waals surface area (Å²) in [6.45, 7) is 5.43. The monoisotopic (exact) mass is 482 g/mol. The lowest BCUT2D eigenvalue weighted by molar-refractivity contribution is -0.131. The number of benzene rings is 1. The fourth-order valence-electron chi connectivity index (χ4n) is 3.15. The lowest BCUT2D eigenvalue weighted by Gasteiger charge is -2.13. The Labute approximate surface area is 180 Å². The quantitative estimate of drug-likeness (QED) is 0.482. The van der Waals surface area contributed by atoms with Gasteiger partial charge in [0, 0.05) is 34.4 Å². The molecule has 0 fully saturated rings. The number of aromatic nitrogens is 2. The molecule has 0 aliphatic carbocycles. The molecule has 0 saturated heterocycles. The number of nitrogens with zero attached hydrogens (tertiary/aromatic N) is 2. The molecule has 5 nitrogen and oxygen atoms in total. The molecule has 3 aromatic rings. The number of aryl methyl sites for hydroxylation is 1. The average Bonchev–Trinajstić information content (AvgIpc) is 3.03. The van der Waals surface area contributed by atoms with Gasteiger partial charge in [0.15, 0.2) is 5.65 Å². The maximum Gasteiger partial charge on any atom is 0.390 e. The number of alkyl halides is 3. The van der Waals surface area contributed by atoms with Crippen LogP contribution in [-0.2, 0) is 0 Å². The molecular formula is C21H22BrF3N4O. The highest BCUT2D eigenvalue weighted by atomic mass is 79.9. The molecule has 0 spiro atoms. The Hall–Kier alpha value is -2.55. The molecule has 2 heterocycles. The van der Waals surface area contributed by atoms with Crippen LogP contribution in [0.3, 0.4) is 0 Å². The Balaban J connectivity index is 1.94. The number of hydrogen-bond acceptors (Lipinski definition) is 3. The first kappa shape index (κ1) is 22.1. The first-order chi connectivity index (χ1) is 14.0. The van der Waals surface area contributed by atoms with Crippen LogP contribution < -0.4 is 10.6 Å². The van der Waals surface area contributed by atoms with Gasteiger partial charge in [0.2, 0.25) is 0 Å². The molecule has 0 aliphatic heterocycles. The van der Waals surface area contributed by atoms with Crippen LogP contribution in [0.25, 0.3) is 16.9 Å². The molecule has 2 aromatic heterocycles. The van der Waals surface area contributed by atoms with Gasteiger partial charge in [-0.15, -0.1) is 0 Å². The highest BCUT2D eigenvalue weighted by Crippen LogP contribution is 2.29. The topological polar surface area (TPSA) is 58.4 Å². The van der Waals surface area contributed by atoms with Gasteiger partial charge < -0.3 is 10.6 Å². The van der Waals surface area contributed by atoms with E-state index in [4.69, 9.17) is 0 Å². The van der Waals surface area contributed by atoms with Crippen molar-refractivity contribution in [2.24, 2.45) is 0 Å². The van der Waals surface area contributed by atoms with Gasteiger partial charge in [-0.25, -0.2) is 4.98 Å². The molecule has 0 saturated carbocycles. The highest BCUT2D eigenvalue weighted by molar-refractivity contribution is 9.10. The molecule has 0 radical (unpaired) electrons. The van der Waals surface area contributed by atoms with E-state index in [9.17, 15) is 18.0 Å². The zero-order valence-electron chi connectivity index (χ0n) is 16.8. The van der Waals surface area contributed by atoms with Crippen molar-refractivity contribution in [1.29, 1.82) is 0 Å². The normalized spacial score (nSPS) is 11.9. The minimum Gasteiger partial charge on any atom is -0.382 e. The fraction of sp³-hybridized carbons (Fsp3) is 0.333. The lowest BCUT2D eigenvalue weighted by atomic mass is 10.0. The van der Waals surface area contributed by atoms with E-state index >= 15 is 0 Å². The number of halogens is 4. The van der Waals surface area contributed by atoms with Crippen molar-refractivity contribution in [3.05, 3.63) is 52.3 Å². The van der Waals surface area contributed by atoms with Crippen LogP contribution >= 0.6 is 15.9 Å². The minimum absolute atomic E-state index is 0.0379. The number of rotatable bonds is 6. The molecule has 9 heteroatoms. The van der Waals surface area contributed by atoms with Crippen LogP contribution in [0.1, 0.15) is 36.2 Å². The van der Waals surface area contributed by atoms with Gasteiger partial charge in [0.25, 0.3) is 5.91 Å². The second-order valence-electron chi connectivity index (χ2n) is 7.36. The van der Waals surface area contributed by atoms with Gasteiger partial charge in [-0.05, 0) is 60.5 Å². The largest absolute Gasteiger partial charge is 0.390 e. The van der Waals surface area contributed by atoms with E-state index in [2.05, 4.69) is 31.5 Å². The Bertz CT molecular complexity index is 1080. The summed E-state index contributed by atoms with van der Waals surface area (Å²) in [7, 11) is 0. The Kier molecular flexibility index (Phi) is 6.40. The standard InChI is InChI=1S/C21H22BrF3N4O/c1-12(2)28-20(30)16-5-4-14(8-13(16)3)18-10-27-19-17(9-15(22)11-29(18)19)26-7-6-21(23,24)25/h4-5,8-12,26H,6-7H2,1-3H3,(H,28,30). The molecule has 30 heavy (non-hydrogen) atoms. The number of amides is 1. The molecule has 0 atom stereocenters. The van der Waals surface area contributed by atoms with Crippen LogP contribution in [0.5, 0.6) is 0 Å². The second-order valence-corrected chi connectivity index (χ2v) is 8.27. The number of imidazole rings is 1. The summed E-state index contributed by atoms with van der Waals surface area (Å²) >= 11 is 3.41. The van der Waals surface area contributed by atoms with Crippen molar-refractivity contribution in [2.45, 2.75) is 39.4 Å². The number of fused-ring (bicyclic) bond motifs is 1. The maximum atomic E-state index is 12.5. The van der Waals surface area contributed by atoms with Crippen LogP contribution in [0, 0.1) is 6.92 Å². The van der Waals surface area contributed by atoms with Gasteiger partial charge >= 0.3 is 6.18 Å². The van der Waals surface area contributed by atoms with E-state index < -0.39 is 12.6 Å². The van der Waals surface area contributed by atoms with Gasteiger partial charge in [-0.1, -0.05) is 6.07 Å². The predicted molar refractivity (Wildman–Crippen MR) is 115 cm³/mol. The molecule has 0 unspecified atom stereocenters.